The highest BCUT2D eigenvalue weighted by atomic mass is 35.5. The molecule has 134 valence electrons. The van der Waals surface area contributed by atoms with Crippen LogP contribution in [-0.4, -0.2) is 11.7 Å². The van der Waals surface area contributed by atoms with Crippen LogP contribution in [0.5, 0.6) is 0 Å². The van der Waals surface area contributed by atoms with Gasteiger partial charge in [-0.05, 0) is 39.9 Å². The van der Waals surface area contributed by atoms with E-state index in [1.54, 1.807) is 12.1 Å². The molecule has 3 aromatic carbocycles. The van der Waals surface area contributed by atoms with Gasteiger partial charge in [-0.25, -0.2) is 0 Å². The summed E-state index contributed by atoms with van der Waals surface area (Å²) in [5, 5.41) is 3.55. The van der Waals surface area contributed by atoms with E-state index < -0.39 is 0 Å². The molecule has 1 aliphatic rings. The van der Waals surface area contributed by atoms with Gasteiger partial charge in [0.25, 0.3) is 5.91 Å². The summed E-state index contributed by atoms with van der Waals surface area (Å²) < 4.78 is 0. The summed E-state index contributed by atoms with van der Waals surface area (Å²) in [5.74, 6) is -0.0243. The Labute approximate surface area is 163 Å². The van der Waals surface area contributed by atoms with Crippen LogP contribution in [0.4, 0.5) is 0 Å². The van der Waals surface area contributed by atoms with E-state index in [9.17, 15) is 9.59 Å². The Kier molecular flexibility index (Phi) is 4.78. The number of hydrogen-bond acceptors (Lipinski definition) is 2. The number of hydrogen-bond donors (Lipinski definition) is 1. The maximum Gasteiger partial charge on any atom is 0.252 e. The molecule has 27 heavy (non-hydrogen) atoms. The molecule has 3 nitrogen and oxygen atoms in total. The van der Waals surface area contributed by atoms with Crippen LogP contribution in [0.25, 0.3) is 11.1 Å². The summed E-state index contributed by atoms with van der Waals surface area (Å²) in [5.41, 5.74) is 5.45. The van der Waals surface area contributed by atoms with Crippen molar-refractivity contribution in [1.29, 1.82) is 0 Å². The molecule has 0 bridgehead atoms. The number of fused-ring (bicyclic) bond motifs is 1. The van der Waals surface area contributed by atoms with Crippen LogP contribution in [0, 0.1) is 0 Å². The number of carbonyl (C=O) groups excluding carboxylic acids is 2. The number of benzene rings is 3. The summed E-state index contributed by atoms with van der Waals surface area (Å²) in [4.78, 5) is 25.0. The lowest BCUT2D eigenvalue weighted by molar-refractivity contribution is -0.117. The minimum absolute atomic E-state index is 0.0756. The molecule has 0 aromatic heterocycles. The highest BCUT2D eigenvalue weighted by Gasteiger charge is 2.26. The van der Waals surface area contributed by atoms with E-state index in [2.05, 4.69) is 5.32 Å². The maximum absolute atomic E-state index is 12.6. The van der Waals surface area contributed by atoms with Gasteiger partial charge in [0.15, 0.2) is 0 Å². The lowest BCUT2D eigenvalue weighted by Gasteiger charge is -2.11. The predicted octanol–water partition coefficient (Wildman–Crippen LogP) is 4.60. The summed E-state index contributed by atoms with van der Waals surface area (Å²) in [6, 6.07) is 21.2. The first-order valence-corrected chi connectivity index (χ1v) is 9.24. The summed E-state index contributed by atoms with van der Waals surface area (Å²) in [7, 11) is 0. The number of Topliss-reactive ketones (excluding diaryl/α,β-unsaturated/α-hetero) is 1. The van der Waals surface area contributed by atoms with Crippen molar-refractivity contribution in [3.8, 4) is 11.1 Å². The monoisotopic (exact) mass is 375 g/mol. The second-order valence-electron chi connectivity index (χ2n) is 6.69. The molecule has 4 heteroatoms. The van der Waals surface area contributed by atoms with Crippen molar-refractivity contribution in [3.05, 3.63) is 94.0 Å². The lowest BCUT2D eigenvalue weighted by atomic mass is 9.91. The summed E-state index contributed by atoms with van der Waals surface area (Å²) in [6.07, 6.45) is 0.571. The topological polar surface area (TPSA) is 46.2 Å². The van der Waals surface area contributed by atoms with E-state index in [1.165, 1.54) is 0 Å². The average Bonchev–Trinajstić information content (AvgIpc) is 3.07. The van der Waals surface area contributed by atoms with E-state index in [4.69, 9.17) is 11.6 Å². The van der Waals surface area contributed by atoms with Gasteiger partial charge < -0.3 is 5.32 Å². The van der Waals surface area contributed by atoms with Crippen molar-refractivity contribution in [2.75, 3.05) is 0 Å². The van der Waals surface area contributed by atoms with Crippen LogP contribution in [-0.2, 0) is 24.2 Å². The fourth-order valence-corrected chi connectivity index (χ4v) is 3.69. The first-order valence-electron chi connectivity index (χ1n) is 8.86. The van der Waals surface area contributed by atoms with E-state index in [-0.39, 0.29) is 18.1 Å². The van der Waals surface area contributed by atoms with Gasteiger partial charge in [-0.1, -0.05) is 66.2 Å². The predicted molar refractivity (Wildman–Crippen MR) is 107 cm³/mol. The van der Waals surface area contributed by atoms with Gasteiger partial charge in [0, 0.05) is 30.0 Å². The zero-order valence-corrected chi connectivity index (χ0v) is 15.4. The van der Waals surface area contributed by atoms with Gasteiger partial charge in [-0.3, -0.25) is 9.59 Å². The zero-order chi connectivity index (χ0) is 18.8. The Morgan fingerprint density at radius 1 is 0.926 bits per heavy atom. The summed E-state index contributed by atoms with van der Waals surface area (Å²) in [6.45, 7) is 0.498. The lowest BCUT2D eigenvalue weighted by Crippen LogP contribution is -2.15. The zero-order valence-electron chi connectivity index (χ0n) is 14.7. The van der Waals surface area contributed by atoms with Crippen molar-refractivity contribution >= 4 is 23.3 Å². The molecule has 0 atom stereocenters. The third-order valence-corrected chi connectivity index (χ3v) is 5.09. The molecule has 1 heterocycles. The van der Waals surface area contributed by atoms with Crippen molar-refractivity contribution in [2.24, 2.45) is 0 Å². The first-order chi connectivity index (χ1) is 13.1. The SMILES string of the molecule is O=C(Cc1ccc(Cl)cc1)Cc1ccc(-c2ccccc2)c2c1C(=O)NC2. The van der Waals surface area contributed by atoms with Crippen LogP contribution < -0.4 is 5.32 Å². The van der Waals surface area contributed by atoms with Crippen molar-refractivity contribution in [2.45, 2.75) is 19.4 Å². The normalized spacial score (nSPS) is 12.6. The molecule has 0 saturated carbocycles. The molecular formula is C23H18ClNO2. The quantitative estimate of drug-likeness (QED) is 0.708. The molecular weight excluding hydrogens is 358 g/mol. The maximum atomic E-state index is 12.6. The molecule has 0 fully saturated rings. The Hall–Kier alpha value is -2.91. The smallest absolute Gasteiger partial charge is 0.252 e. The molecule has 3 aromatic rings. The Balaban J connectivity index is 1.62. The fourth-order valence-electron chi connectivity index (χ4n) is 3.56. The van der Waals surface area contributed by atoms with Crippen molar-refractivity contribution in [1.82, 2.24) is 5.32 Å². The Bertz CT molecular complexity index is 1010. The third-order valence-electron chi connectivity index (χ3n) is 4.84. The van der Waals surface area contributed by atoms with Gasteiger partial charge in [-0.15, -0.1) is 0 Å². The molecule has 0 spiro atoms. The average molecular weight is 376 g/mol. The van der Waals surface area contributed by atoms with Crippen LogP contribution in [0.1, 0.15) is 27.0 Å². The van der Waals surface area contributed by atoms with Crippen LogP contribution in [0.3, 0.4) is 0 Å². The molecule has 0 aliphatic carbocycles. The number of halogens is 1. The van der Waals surface area contributed by atoms with Gasteiger partial charge in [-0.2, -0.15) is 0 Å². The highest BCUT2D eigenvalue weighted by molar-refractivity contribution is 6.30. The Morgan fingerprint density at radius 2 is 1.67 bits per heavy atom. The molecule has 1 amide bonds. The second kappa shape index (κ2) is 7.37. The van der Waals surface area contributed by atoms with Crippen LogP contribution >= 0.6 is 11.6 Å². The molecule has 0 saturated heterocycles. The minimum Gasteiger partial charge on any atom is -0.348 e. The van der Waals surface area contributed by atoms with Gasteiger partial charge in [0.2, 0.25) is 0 Å². The molecule has 0 unspecified atom stereocenters. The minimum atomic E-state index is -0.0999. The number of amides is 1. The molecule has 0 radical (unpaired) electrons. The van der Waals surface area contributed by atoms with Gasteiger partial charge in [0.05, 0.1) is 0 Å². The molecule has 1 N–H and O–H groups in total. The summed E-state index contributed by atoms with van der Waals surface area (Å²) >= 11 is 5.89. The highest BCUT2D eigenvalue weighted by Crippen LogP contribution is 2.32. The third kappa shape index (κ3) is 3.64. The Morgan fingerprint density at radius 3 is 2.41 bits per heavy atom. The number of nitrogens with one attached hydrogen (secondary N) is 1. The number of carbonyl (C=O) groups is 2. The van der Waals surface area contributed by atoms with Crippen molar-refractivity contribution < 1.29 is 9.59 Å². The van der Waals surface area contributed by atoms with Crippen LogP contribution in [0.2, 0.25) is 5.02 Å². The number of ketones is 1. The number of rotatable bonds is 5. The first kappa shape index (κ1) is 17.5. The largest absolute Gasteiger partial charge is 0.348 e. The van der Waals surface area contributed by atoms with Crippen molar-refractivity contribution in [3.63, 3.8) is 0 Å². The van der Waals surface area contributed by atoms with Gasteiger partial charge >= 0.3 is 0 Å². The standard InChI is InChI=1S/C23H18ClNO2/c24-18-9-6-15(7-10-18)12-19(26)13-17-8-11-20(16-4-2-1-3-5-16)21-14-25-23(27)22(17)21/h1-11H,12-14H2,(H,25,27). The van der Waals surface area contributed by atoms with E-state index in [1.807, 2.05) is 54.6 Å². The molecule has 1 aliphatic heterocycles. The van der Waals surface area contributed by atoms with E-state index >= 15 is 0 Å². The molecule has 4 rings (SSSR count). The van der Waals surface area contributed by atoms with E-state index in [0.29, 0.717) is 23.6 Å². The fraction of sp³-hybridized carbons (Fsp3) is 0.130. The second-order valence-corrected chi connectivity index (χ2v) is 7.13. The van der Waals surface area contributed by atoms with Gasteiger partial charge in [0.1, 0.15) is 5.78 Å². The van der Waals surface area contributed by atoms with Crippen LogP contribution in [0.15, 0.2) is 66.7 Å². The van der Waals surface area contributed by atoms with E-state index in [0.717, 1.165) is 27.8 Å².